The van der Waals surface area contributed by atoms with E-state index in [2.05, 4.69) is 0 Å². The van der Waals surface area contributed by atoms with Crippen LogP contribution in [0, 0.1) is 0 Å². The highest BCUT2D eigenvalue weighted by Crippen LogP contribution is 2.14. The molecule has 1 aromatic carbocycles. The lowest BCUT2D eigenvalue weighted by Gasteiger charge is -2.33. The minimum Gasteiger partial charge on any atom is -0.497 e. The van der Waals surface area contributed by atoms with E-state index in [-0.39, 0.29) is 5.91 Å². The van der Waals surface area contributed by atoms with Crippen molar-refractivity contribution in [2.45, 2.75) is 0 Å². The lowest BCUT2D eigenvalue weighted by molar-refractivity contribution is 0.0698. The fraction of sp³-hybridized carbons (Fsp3) is 0.462. The van der Waals surface area contributed by atoms with Crippen molar-refractivity contribution in [3.05, 3.63) is 29.8 Å². The lowest BCUT2D eigenvalue weighted by Crippen LogP contribution is -2.50. The second-order valence-corrected chi connectivity index (χ2v) is 6.67. The van der Waals surface area contributed by atoms with Gasteiger partial charge < -0.3 is 9.64 Å². The van der Waals surface area contributed by atoms with Crippen molar-refractivity contribution >= 4 is 15.9 Å². The molecule has 1 heterocycles. The highest BCUT2D eigenvalue weighted by molar-refractivity contribution is 7.88. The minimum absolute atomic E-state index is 0.0826. The van der Waals surface area contributed by atoms with Gasteiger partial charge in [-0.15, -0.1) is 0 Å². The first-order valence-electron chi connectivity index (χ1n) is 6.30. The summed E-state index contributed by atoms with van der Waals surface area (Å²) in [6.07, 6.45) is 1.19. The molecule has 7 heteroatoms. The quantitative estimate of drug-likeness (QED) is 0.811. The van der Waals surface area contributed by atoms with E-state index < -0.39 is 10.0 Å². The predicted octanol–water partition coefficient (Wildman–Crippen LogP) is 0.413. The number of piperazine rings is 1. The topological polar surface area (TPSA) is 66.9 Å². The number of sulfonamides is 1. The smallest absolute Gasteiger partial charge is 0.253 e. The molecule has 110 valence electrons. The molecule has 2 rings (SSSR count). The third-order valence-electron chi connectivity index (χ3n) is 3.33. The van der Waals surface area contributed by atoms with E-state index in [4.69, 9.17) is 4.74 Å². The van der Waals surface area contributed by atoms with Gasteiger partial charge in [0.05, 0.1) is 13.4 Å². The van der Waals surface area contributed by atoms with Gasteiger partial charge in [-0.3, -0.25) is 4.79 Å². The molecular formula is C13H18N2O4S. The zero-order valence-corrected chi connectivity index (χ0v) is 12.4. The molecule has 1 saturated heterocycles. The third kappa shape index (κ3) is 3.29. The zero-order valence-electron chi connectivity index (χ0n) is 11.6. The summed E-state index contributed by atoms with van der Waals surface area (Å²) in [7, 11) is -1.60. The molecule has 0 aliphatic carbocycles. The Bertz CT molecular complexity index is 575. The summed E-state index contributed by atoms with van der Waals surface area (Å²) in [5, 5.41) is 0. The number of ether oxygens (including phenoxy) is 1. The molecule has 0 radical (unpaired) electrons. The molecule has 0 N–H and O–H groups in total. The number of rotatable bonds is 3. The SMILES string of the molecule is COc1ccc(C(=O)N2CCN(S(C)(=O)=O)CC2)cc1. The Balaban J connectivity index is 2.01. The number of nitrogens with zero attached hydrogens (tertiary/aromatic N) is 2. The van der Waals surface area contributed by atoms with Gasteiger partial charge in [-0.2, -0.15) is 4.31 Å². The molecule has 0 spiro atoms. The van der Waals surface area contributed by atoms with Crippen LogP contribution in [0.3, 0.4) is 0 Å². The fourth-order valence-corrected chi connectivity index (χ4v) is 2.97. The van der Waals surface area contributed by atoms with E-state index in [1.807, 2.05) is 0 Å². The first-order valence-corrected chi connectivity index (χ1v) is 8.15. The average molecular weight is 298 g/mol. The first-order chi connectivity index (χ1) is 9.41. The Morgan fingerprint density at radius 1 is 1.10 bits per heavy atom. The summed E-state index contributed by atoms with van der Waals surface area (Å²) in [5.74, 6) is 0.615. The molecule has 1 aromatic rings. The van der Waals surface area contributed by atoms with Crippen LogP contribution in [0.4, 0.5) is 0 Å². The summed E-state index contributed by atoms with van der Waals surface area (Å²) >= 11 is 0. The van der Waals surface area contributed by atoms with Crippen molar-refractivity contribution in [3.8, 4) is 5.75 Å². The monoisotopic (exact) mass is 298 g/mol. The van der Waals surface area contributed by atoms with Crippen LogP contribution in [0.25, 0.3) is 0 Å². The average Bonchev–Trinajstić information content (AvgIpc) is 2.46. The van der Waals surface area contributed by atoms with Gasteiger partial charge in [0, 0.05) is 31.7 Å². The van der Waals surface area contributed by atoms with Crippen molar-refractivity contribution < 1.29 is 17.9 Å². The van der Waals surface area contributed by atoms with E-state index in [0.29, 0.717) is 37.5 Å². The molecule has 1 fully saturated rings. The molecule has 1 aliphatic heterocycles. The van der Waals surface area contributed by atoms with Gasteiger partial charge in [0.15, 0.2) is 0 Å². The number of carbonyl (C=O) groups is 1. The molecule has 0 unspecified atom stereocenters. The van der Waals surface area contributed by atoms with Crippen LogP contribution < -0.4 is 4.74 Å². The number of methoxy groups -OCH3 is 1. The maximum Gasteiger partial charge on any atom is 0.253 e. The van der Waals surface area contributed by atoms with Gasteiger partial charge in [-0.1, -0.05) is 0 Å². The highest BCUT2D eigenvalue weighted by atomic mass is 32.2. The third-order valence-corrected chi connectivity index (χ3v) is 4.64. The molecule has 6 nitrogen and oxygen atoms in total. The van der Waals surface area contributed by atoms with Gasteiger partial charge >= 0.3 is 0 Å². The molecule has 0 saturated carbocycles. The summed E-state index contributed by atoms with van der Waals surface area (Å²) in [4.78, 5) is 13.9. The van der Waals surface area contributed by atoms with Gasteiger partial charge in [0.25, 0.3) is 5.91 Å². The molecule has 0 aromatic heterocycles. The Hall–Kier alpha value is -1.60. The molecular weight excluding hydrogens is 280 g/mol. The lowest BCUT2D eigenvalue weighted by atomic mass is 10.2. The number of hydrogen-bond acceptors (Lipinski definition) is 4. The number of carbonyl (C=O) groups excluding carboxylic acids is 1. The largest absolute Gasteiger partial charge is 0.497 e. The van der Waals surface area contributed by atoms with Crippen LogP contribution in [0.5, 0.6) is 5.75 Å². The number of benzene rings is 1. The van der Waals surface area contributed by atoms with Gasteiger partial charge in [0.1, 0.15) is 5.75 Å². The van der Waals surface area contributed by atoms with Crippen LogP contribution in [0.2, 0.25) is 0 Å². The Kier molecular flexibility index (Phi) is 4.29. The highest BCUT2D eigenvalue weighted by Gasteiger charge is 2.26. The van der Waals surface area contributed by atoms with E-state index in [9.17, 15) is 13.2 Å². The van der Waals surface area contributed by atoms with Crippen molar-refractivity contribution in [2.24, 2.45) is 0 Å². The molecule has 20 heavy (non-hydrogen) atoms. The van der Waals surface area contributed by atoms with Crippen LogP contribution in [0.15, 0.2) is 24.3 Å². The standard InChI is InChI=1S/C13H18N2O4S/c1-19-12-5-3-11(4-6-12)13(16)14-7-9-15(10-8-14)20(2,17)18/h3-6H,7-10H2,1-2H3. The van der Waals surface area contributed by atoms with Gasteiger partial charge in [-0.25, -0.2) is 8.42 Å². The molecule has 0 bridgehead atoms. The predicted molar refractivity (Wildman–Crippen MR) is 75.3 cm³/mol. The van der Waals surface area contributed by atoms with Crippen molar-refractivity contribution in [3.63, 3.8) is 0 Å². The van der Waals surface area contributed by atoms with Gasteiger partial charge in [0.2, 0.25) is 10.0 Å². The van der Waals surface area contributed by atoms with Crippen molar-refractivity contribution in [1.82, 2.24) is 9.21 Å². The van der Waals surface area contributed by atoms with E-state index in [0.717, 1.165) is 0 Å². The minimum atomic E-state index is -3.17. The second-order valence-electron chi connectivity index (χ2n) is 4.68. The fourth-order valence-electron chi connectivity index (χ4n) is 2.14. The molecule has 0 atom stereocenters. The number of hydrogen-bond donors (Lipinski definition) is 0. The Labute approximate surface area is 119 Å². The van der Waals surface area contributed by atoms with Crippen LogP contribution in [0.1, 0.15) is 10.4 Å². The van der Waals surface area contributed by atoms with Crippen molar-refractivity contribution in [1.29, 1.82) is 0 Å². The number of amides is 1. The Morgan fingerprint density at radius 3 is 2.10 bits per heavy atom. The van der Waals surface area contributed by atoms with E-state index >= 15 is 0 Å². The van der Waals surface area contributed by atoms with Crippen LogP contribution in [-0.4, -0.2) is 63.1 Å². The molecule has 1 amide bonds. The van der Waals surface area contributed by atoms with E-state index in [1.165, 1.54) is 10.6 Å². The summed E-state index contributed by atoms with van der Waals surface area (Å²) in [6, 6.07) is 6.90. The van der Waals surface area contributed by atoms with Crippen molar-refractivity contribution in [2.75, 3.05) is 39.5 Å². The Morgan fingerprint density at radius 2 is 1.65 bits per heavy atom. The van der Waals surface area contributed by atoms with Crippen LogP contribution in [-0.2, 0) is 10.0 Å². The van der Waals surface area contributed by atoms with Crippen LogP contribution >= 0.6 is 0 Å². The van der Waals surface area contributed by atoms with Gasteiger partial charge in [-0.05, 0) is 24.3 Å². The first kappa shape index (κ1) is 14.8. The summed E-state index contributed by atoms with van der Waals surface area (Å²) in [5.41, 5.74) is 0.582. The second kappa shape index (κ2) is 5.80. The maximum atomic E-state index is 12.3. The summed E-state index contributed by atoms with van der Waals surface area (Å²) < 4.78 is 29.3. The normalized spacial score (nSPS) is 17.0. The maximum absolute atomic E-state index is 12.3. The van der Waals surface area contributed by atoms with E-state index in [1.54, 1.807) is 36.3 Å². The zero-order chi connectivity index (χ0) is 14.8. The molecule has 1 aliphatic rings. The summed E-state index contributed by atoms with van der Waals surface area (Å²) in [6.45, 7) is 1.53.